The molecule has 4 heteroatoms. The number of amides is 1. The summed E-state index contributed by atoms with van der Waals surface area (Å²) in [7, 11) is 0. The van der Waals surface area contributed by atoms with Crippen molar-refractivity contribution >= 4 is 17.3 Å². The number of aryl methyl sites for hydroxylation is 1. The van der Waals surface area contributed by atoms with Crippen LogP contribution in [0.4, 0.5) is 11.4 Å². The summed E-state index contributed by atoms with van der Waals surface area (Å²) in [6.45, 7) is 3.58. The minimum atomic E-state index is -0.0856. The summed E-state index contributed by atoms with van der Waals surface area (Å²) in [4.78, 5) is 12.3. The molecule has 0 bridgehead atoms. The minimum absolute atomic E-state index is 0.0856. The van der Waals surface area contributed by atoms with Gasteiger partial charge in [-0.05, 0) is 67.8 Å². The van der Waals surface area contributed by atoms with Crippen LogP contribution >= 0.6 is 0 Å². The maximum atomic E-state index is 12.3. The van der Waals surface area contributed by atoms with Crippen molar-refractivity contribution in [1.82, 2.24) is 0 Å². The van der Waals surface area contributed by atoms with E-state index in [0.29, 0.717) is 12.2 Å². The molecule has 0 aromatic heterocycles. The van der Waals surface area contributed by atoms with Gasteiger partial charge in [0, 0.05) is 23.5 Å². The van der Waals surface area contributed by atoms with Crippen molar-refractivity contribution in [2.24, 2.45) is 0 Å². The molecule has 3 rings (SSSR count). The first-order valence-electron chi connectivity index (χ1n) is 7.67. The molecule has 1 aliphatic heterocycles. The predicted molar refractivity (Wildman–Crippen MR) is 88.8 cm³/mol. The predicted octanol–water partition coefficient (Wildman–Crippen LogP) is 3.70. The third-order valence-corrected chi connectivity index (χ3v) is 3.73. The van der Waals surface area contributed by atoms with Crippen LogP contribution < -0.4 is 15.4 Å². The number of anilines is 2. The zero-order valence-corrected chi connectivity index (χ0v) is 12.7. The summed E-state index contributed by atoms with van der Waals surface area (Å²) in [6, 6.07) is 13.2. The van der Waals surface area contributed by atoms with Crippen LogP contribution in [0.5, 0.6) is 5.75 Å². The van der Waals surface area contributed by atoms with Gasteiger partial charge in [0.25, 0.3) is 5.91 Å². The molecule has 22 heavy (non-hydrogen) atoms. The fraction of sp³-hybridized carbons (Fsp3) is 0.278. The summed E-state index contributed by atoms with van der Waals surface area (Å²) < 4.78 is 5.39. The number of fused-ring (bicyclic) bond motifs is 1. The molecular weight excluding hydrogens is 276 g/mol. The molecule has 114 valence electrons. The zero-order chi connectivity index (χ0) is 15.4. The first-order chi connectivity index (χ1) is 10.8. The van der Waals surface area contributed by atoms with Gasteiger partial charge in [0.1, 0.15) is 5.75 Å². The van der Waals surface area contributed by atoms with Crippen molar-refractivity contribution in [2.75, 3.05) is 23.8 Å². The van der Waals surface area contributed by atoms with Crippen LogP contribution in [0.15, 0.2) is 42.5 Å². The Balaban J connectivity index is 1.71. The fourth-order valence-corrected chi connectivity index (χ4v) is 2.62. The third kappa shape index (κ3) is 3.22. The molecule has 0 fully saturated rings. The van der Waals surface area contributed by atoms with Crippen molar-refractivity contribution in [2.45, 2.75) is 19.8 Å². The molecule has 0 saturated carbocycles. The average molecular weight is 296 g/mol. The Morgan fingerprint density at radius 3 is 2.82 bits per heavy atom. The number of benzene rings is 2. The molecule has 0 spiro atoms. The smallest absolute Gasteiger partial charge is 0.255 e. The van der Waals surface area contributed by atoms with E-state index in [2.05, 4.69) is 10.6 Å². The van der Waals surface area contributed by atoms with E-state index in [1.807, 2.05) is 49.4 Å². The largest absolute Gasteiger partial charge is 0.494 e. The van der Waals surface area contributed by atoms with Gasteiger partial charge in [0.15, 0.2) is 0 Å². The molecule has 1 amide bonds. The van der Waals surface area contributed by atoms with E-state index in [9.17, 15) is 4.79 Å². The summed E-state index contributed by atoms with van der Waals surface area (Å²) in [5.41, 5.74) is 3.81. The molecule has 0 aliphatic carbocycles. The molecule has 0 unspecified atom stereocenters. The second-order valence-electron chi connectivity index (χ2n) is 5.31. The molecular formula is C18H20N2O2. The van der Waals surface area contributed by atoms with Crippen LogP contribution in [0, 0.1) is 0 Å². The number of hydrogen-bond acceptors (Lipinski definition) is 3. The second-order valence-corrected chi connectivity index (χ2v) is 5.31. The average Bonchev–Trinajstić information content (AvgIpc) is 2.56. The molecule has 1 heterocycles. The van der Waals surface area contributed by atoms with E-state index in [1.165, 1.54) is 5.56 Å². The van der Waals surface area contributed by atoms with Gasteiger partial charge in [-0.15, -0.1) is 0 Å². The van der Waals surface area contributed by atoms with E-state index >= 15 is 0 Å². The summed E-state index contributed by atoms with van der Waals surface area (Å²) >= 11 is 0. The first kappa shape index (κ1) is 14.4. The molecule has 0 atom stereocenters. The highest BCUT2D eigenvalue weighted by Crippen LogP contribution is 2.23. The van der Waals surface area contributed by atoms with Crippen molar-refractivity contribution < 1.29 is 9.53 Å². The molecule has 2 N–H and O–H groups in total. The van der Waals surface area contributed by atoms with Gasteiger partial charge >= 0.3 is 0 Å². The normalized spacial score (nSPS) is 13.0. The molecule has 0 radical (unpaired) electrons. The first-order valence-corrected chi connectivity index (χ1v) is 7.67. The Morgan fingerprint density at radius 2 is 2.05 bits per heavy atom. The standard InChI is InChI=1S/C18H20N2O2/c1-2-22-16-8-6-15(7-9-16)20-18(21)14-5-10-17-13(12-14)4-3-11-19-17/h5-10,12,19H,2-4,11H2,1H3,(H,20,21). The second kappa shape index (κ2) is 6.52. The highest BCUT2D eigenvalue weighted by Gasteiger charge is 2.12. The number of ether oxygens (including phenoxy) is 1. The van der Waals surface area contributed by atoms with Crippen LogP contribution in [0.25, 0.3) is 0 Å². The SMILES string of the molecule is CCOc1ccc(NC(=O)c2ccc3c(c2)CCCN3)cc1. The van der Waals surface area contributed by atoms with Gasteiger partial charge in [-0.25, -0.2) is 0 Å². The minimum Gasteiger partial charge on any atom is -0.494 e. The van der Waals surface area contributed by atoms with Crippen LogP contribution in [-0.4, -0.2) is 19.1 Å². The zero-order valence-electron chi connectivity index (χ0n) is 12.7. The van der Waals surface area contributed by atoms with Gasteiger partial charge < -0.3 is 15.4 Å². The van der Waals surface area contributed by atoms with Crippen LogP contribution in [0.2, 0.25) is 0 Å². The van der Waals surface area contributed by atoms with Gasteiger partial charge in [0.05, 0.1) is 6.61 Å². The lowest BCUT2D eigenvalue weighted by Gasteiger charge is -2.18. The third-order valence-electron chi connectivity index (χ3n) is 3.73. The number of carbonyl (C=O) groups is 1. The van der Waals surface area contributed by atoms with E-state index < -0.39 is 0 Å². The molecule has 2 aromatic rings. The maximum Gasteiger partial charge on any atom is 0.255 e. The van der Waals surface area contributed by atoms with Crippen molar-refractivity contribution in [1.29, 1.82) is 0 Å². The molecule has 2 aromatic carbocycles. The Labute approximate surface area is 130 Å². The van der Waals surface area contributed by atoms with E-state index in [4.69, 9.17) is 4.74 Å². The van der Waals surface area contributed by atoms with Gasteiger partial charge in [0.2, 0.25) is 0 Å². The Kier molecular flexibility index (Phi) is 4.28. The molecule has 0 saturated heterocycles. The topological polar surface area (TPSA) is 50.4 Å². The van der Waals surface area contributed by atoms with Crippen molar-refractivity contribution in [3.05, 3.63) is 53.6 Å². The molecule has 1 aliphatic rings. The van der Waals surface area contributed by atoms with Crippen LogP contribution in [-0.2, 0) is 6.42 Å². The van der Waals surface area contributed by atoms with Crippen molar-refractivity contribution in [3.63, 3.8) is 0 Å². The van der Waals surface area contributed by atoms with Crippen LogP contribution in [0.3, 0.4) is 0 Å². The Bertz CT molecular complexity index is 665. The highest BCUT2D eigenvalue weighted by atomic mass is 16.5. The van der Waals surface area contributed by atoms with Gasteiger partial charge in [-0.2, -0.15) is 0 Å². The number of nitrogens with one attached hydrogen (secondary N) is 2. The van der Waals surface area contributed by atoms with Crippen molar-refractivity contribution in [3.8, 4) is 5.75 Å². The van der Waals surface area contributed by atoms with E-state index in [-0.39, 0.29) is 5.91 Å². The Hall–Kier alpha value is -2.49. The number of carbonyl (C=O) groups excluding carboxylic acids is 1. The summed E-state index contributed by atoms with van der Waals surface area (Å²) in [5, 5.41) is 6.27. The highest BCUT2D eigenvalue weighted by molar-refractivity contribution is 6.04. The lowest BCUT2D eigenvalue weighted by atomic mass is 10.0. The quantitative estimate of drug-likeness (QED) is 0.904. The van der Waals surface area contributed by atoms with Gasteiger partial charge in [-0.3, -0.25) is 4.79 Å². The maximum absolute atomic E-state index is 12.3. The molecule has 4 nitrogen and oxygen atoms in total. The Morgan fingerprint density at radius 1 is 1.23 bits per heavy atom. The lowest BCUT2D eigenvalue weighted by Crippen LogP contribution is -2.15. The summed E-state index contributed by atoms with van der Waals surface area (Å²) in [6.07, 6.45) is 2.13. The van der Waals surface area contributed by atoms with Gasteiger partial charge in [-0.1, -0.05) is 0 Å². The van der Waals surface area contributed by atoms with E-state index in [1.54, 1.807) is 0 Å². The lowest BCUT2D eigenvalue weighted by molar-refractivity contribution is 0.102. The fourth-order valence-electron chi connectivity index (χ4n) is 2.62. The van der Waals surface area contributed by atoms with E-state index in [0.717, 1.165) is 36.5 Å². The summed E-state index contributed by atoms with van der Waals surface area (Å²) in [5.74, 6) is 0.720. The van der Waals surface area contributed by atoms with Crippen LogP contribution in [0.1, 0.15) is 29.3 Å². The number of rotatable bonds is 4. The monoisotopic (exact) mass is 296 g/mol. The number of hydrogen-bond donors (Lipinski definition) is 2.